The Bertz CT molecular complexity index is 442. The molecule has 0 aliphatic rings. The molecule has 1 amide bonds. The number of likely N-dealkylation sites (N-methyl/N-ethyl adjacent to an activating group) is 1. The molecule has 0 saturated carbocycles. The number of carbonyl (C=O) groups excluding carboxylic acids is 1. The highest BCUT2D eigenvalue weighted by atomic mass is 16.2. The van der Waals surface area contributed by atoms with Crippen LogP contribution in [0.3, 0.4) is 0 Å². The predicted molar refractivity (Wildman–Crippen MR) is 88.3 cm³/mol. The Hall–Kier alpha value is -1.39. The van der Waals surface area contributed by atoms with Gasteiger partial charge in [-0.05, 0) is 45.0 Å². The van der Waals surface area contributed by atoms with Crippen LogP contribution in [0.2, 0.25) is 0 Å². The lowest BCUT2D eigenvalue weighted by Gasteiger charge is -2.25. The summed E-state index contributed by atoms with van der Waals surface area (Å²) in [6.45, 7) is 10.9. The molecule has 0 saturated heterocycles. The molecular weight excluding hydrogens is 262 g/mol. The van der Waals surface area contributed by atoms with Crippen molar-refractivity contribution in [3.05, 3.63) is 35.4 Å². The van der Waals surface area contributed by atoms with Crippen molar-refractivity contribution < 1.29 is 4.79 Å². The molecule has 1 rings (SSSR count). The van der Waals surface area contributed by atoms with E-state index in [4.69, 9.17) is 5.73 Å². The predicted octanol–water partition coefficient (Wildman–Crippen LogP) is 2.34. The summed E-state index contributed by atoms with van der Waals surface area (Å²) < 4.78 is 0. The van der Waals surface area contributed by atoms with Crippen LogP contribution in [0, 0.1) is 0 Å². The minimum absolute atomic E-state index is 0.0238. The van der Waals surface area contributed by atoms with E-state index in [9.17, 15) is 4.79 Å². The monoisotopic (exact) mass is 291 g/mol. The Balaban J connectivity index is 2.76. The van der Waals surface area contributed by atoms with Gasteiger partial charge in [0, 0.05) is 37.8 Å². The highest BCUT2D eigenvalue weighted by Gasteiger charge is 2.16. The summed E-state index contributed by atoms with van der Waals surface area (Å²) in [7, 11) is 1.80. The van der Waals surface area contributed by atoms with Gasteiger partial charge in [-0.25, -0.2) is 0 Å². The fourth-order valence-corrected chi connectivity index (χ4v) is 2.21. The van der Waals surface area contributed by atoms with Crippen LogP contribution in [-0.2, 0) is 6.54 Å². The Kier molecular flexibility index (Phi) is 6.85. The van der Waals surface area contributed by atoms with E-state index in [0.717, 1.165) is 13.1 Å². The van der Waals surface area contributed by atoms with Crippen LogP contribution in [0.15, 0.2) is 24.3 Å². The van der Waals surface area contributed by atoms with Gasteiger partial charge >= 0.3 is 0 Å². The molecular formula is C17H29N3O. The van der Waals surface area contributed by atoms with Crippen LogP contribution in [0.5, 0.6) is 0 Å². The van der Waals surface area contributed by atoms with E-state index in [0.29, 0.717) is 18.2 Å². The standard InChI is InChI=1S/C17H29N3O/c1-6-20(13(2)3)12-15-7-9-16(10-8-15)17(21)19(5)14(4)11-18/h7-10,13-14H,6,11-12,18H2,1-5H3. The van der Waals surface area contributed by atoms with Gasteiger partial charge in [0.15, 0.2) is 0 Å². The Morgan fingerprint density at radius 1 is 1.19 bits per heavy atom. The number of nitrogens with two attached hydrogens (primary N) is 1. The molecule has 0 aliphatic carbocycles. The van der Waals surface area contributed by atoms with Crippen LogP contribution in [-0.4, -0.2) is 47.9 Å². The molecule has 1 aromatic rings. The van der Waals surface area contributed by atoms with Crippen LogP contribution < -0.4 is 5.73 Å². The molecule has 0 aliphatic heterocycles. The van der Waals surface area contributed by atoms with Gasteiger partial charge in [0.25, 0.3) is 5.91 Å². The molecule has 4 heteroatoms. The van der Waals surface area contributed by atoms with Gasteiger partial charge in [0.2, 0.25) is 0 Å². The molecule has 0 fully saturated rings. The van der Waals surface area contributed by atoms with Gasteiger partial charge in [0.05, 0.1) is 0 Å². The molecule has 1 aromatic carbocycles. The fourth-order valence-electron chi connectivity index (χ4n) is 2.21. The maximum Gasteiger partial charge on any atom is 0.253 e. The highest BCUT2D eigenvalue weighted by molar-refractivity contribution is 5.94. The van der Waals surface area contributed by atoms with Gasteiger partial charge in [-0.2, -0.15) is 0 Å². The van der Waals surface area contributed by atoms with E-state index in [1.54, 1.807) is 11.9 Å². The molecule has 0 radical (unpaired) electrons. The lowest BCUT2D eigenvalue weighted by Crippen LogP contribution is -2.39. The van der Waals surface area contributed by atoms with Crippen molar-refractivity contribution in [3.63, 3.8) is 0 Å². The number of amides is 1. The Morgan fingerprint density at radius 3 is 2.19 bits per heavy atom. The summed E-state index contributed by atoms with van der Waals surface area (Å²) in [4.78, 5) is 16.4. The summed E-state index contributed by atoms with van der Waals surface area (Å²) in [6.07, 6.45) is 0. The van der Waals surface area contributed by atoms with E-state index in [2.05, 4.69) is 25.7 Å². The average Bonchev–Trinajstić information content (AvgIpc) is 2.50. The summed E-state index contributed by atoms with van der Waals surface area (Å²) in [5.74, 6) is 0.0238. The Morgan fingerprint density at radius 2 is 1.76 bits per heavy atom. The maximum absolute atomic E-state index is 12.3. The molecule has 118 valence electrons. The zero-order chi connectivity index (χ0) is 16.0. The Labute approximate surface area is 128 Å². The summed E-state index contributed by atoms with van der Waals surface area (Å²) in [5, 5.41) is 0. The van der Waals surface area contributed by atoms with E-state index < -0.39 is 0 Å². The van der Waals surface area contributed by atoms with Crippen molar-refractivity contribution in [2.24, 2.45) is 5.73 Å². The zero-order valence-electron chi connectivity index (χ0n) is 14.0. The van der Waals surface area contributed by atoms with Gasteiger partial charge < -0.3 is 10.6 Å². The third kappa shape index (κ3) is 4.83. The molecule has 0 aromatic heterocycles. The van der Waals surface area contributed by atoms with Crippen LogP contribution in [0.1, 0.15) is 43.6 Å². The third-order valence-electron chi connectivity index (χ3n) is 4.05. The largest absolute Gasteiger partial charge is 0.338 e. The quantitative estimate of drug-likeness (QED) is 0.839. The molecule has 4 nitrogen and oxygen atoms in total. The topological polar surface area (TPSA) is 49.6 Å². The lowest BCUT2D eigenvalue weighted by molar-refractivity contribution is 0.0748. The van der Waals surface area contributed by atoms with Gasteiger partial charge in [0.1, 0.15) is 0 Å². The van der Waals surface area contributed by atoms with Crippen molar-refractivity contribution in [1.82, 2.24) is 9.80 Å². The summed E-state index contributed by atoms with van der Waals surface area (Å²) >= 11 is 0. The van der Waals surface area contributed by atoms with E-state index in [1.165, 1.54) is 5.56 Å². The van der Waals surface area contributed by atoms with Gasteiger partial charge in [-0.3, -0.25) is 9.69 Å². The van der Waals surface area contributed by atoms with Crippen molar-refractivity contribution in [1.29, 1.82) is 0 Å². The number of nitrogens with zero attached hydrogens (tertiary/aromatic N) is 2. The average molecular weight is 291 g/mol. The number of carbonyl (C=O) groups is 1. The first-order chi connectivity index (χ1) is 9.90. The third-order valence-corrected chi connectivity index (χ3v) is 4.05. The van der Waals surface area contributed by atoms with E-state index >= 15 is 0 Å². The number of rotatable bonds is 7. The van der Waals surface area contributed by atoms with Crippen LogP contribution in [0.25, 0.3) is 0 Å². The second-order valence-electron chi connectivity index (χ2n) is 5.85. The van der Waals surface area contributed by atoms with E-state index in [1.807, 2.05) is 31.2 Å². The van der Waals surface area contributed by atoms with Gasteiger partial charge in [-0.15, -0.1) is 0 Å². The van der Waals surface area contributed by atoms with Gasteiger partial charge in [-0.1, -0.05) is 19.1 Å². The van der Waals surface area contributed by atoms with Crippen molar-refractivity contribution in [3.8, 4) is 0 Å². The maximum atomic E-state index is 12.3. The first-order valence-corrected chi connectivity index (χ1v) is 7.70. The highest BCUT2D eigenvalue weighted by Crippen LogP contribution is 2.12. The summed E-state index contributed by atoms with van der Waals surface area (Å²) in [6, 6.07) is 8.47. The minimum atomic E-state index is 0.0238. The SMILES string of the molecule is CCN(Cc1ccc(C(=O)N(C)C(C)CN)cc1)C(C)C. The normalized spacial score (nSPS) is 12.8. The first kappa shape index (κ1) is 17.7. The van der Waals surface area contributed by atoms with Crippen molar-refractivity contribution in [2.45, 2.75) is 46.3 Å². The minimum Gasteiger partial charge on any atom is -0.338 e. The zero-order valence-corrected chi connectivity index (χ0v) is 14.0. The van der Waals surface area contributed by atoms with Crippen LogP contribution in [0.4, 0.5) is 0 Å². The molecule has 0 spiro atoms. The second kappa shape index (κ2) is 8.15. The summed E-state index contributed by atoms with van der Waals surface area (Å²) in [5.41, 5.74) is 7.56. The molecule has 0 bridgehead atoms. The molecule has 1 atom stereocenters. The molecule has 1 unspecified atom stereocenters. The molecule has 21 heavy (non-hydrogen) atoms. The second-order valence-corrected chi connectivity index (χ2v) is 5.85. The number of hydrogen-bond donors (Lipinski definition) is 1. The molecule has 0 heterocycles. The lowest BCUT2D eigenvalue weighted by atomic mass is 10.1. The first-order valence-electron chi connectivity index (χ1n) is 7.70. The smallest absolute Gasteiger partial charge is 0.253 e. The number of benzene rings is 1. The van der Waals surface area contributed by atoms with E-state index in [-0.39, 0.29) is 11.9 Å². The van der Waals surface area contributed by atoms with Crippen molar-refractivity contribution >= 4 is 5.91 Å². The van der Waals surface area contributed by atoms with Crippen LogP contribution >= 0.6 is 0 Å². The number of hydrogen-bond acceptors (Lipinski definition) is 3. The molecule has 2 N–H and O–H groups in total. The fraction of sp³-hybridized carbons (Fsp3) is 0.588. The van der Waals surface area contributed by atoms with Crippen molar-refractivity contribution in [2.75, 3.05) is 20.1 Å².